The van der Waals surface area contributed by atoms with Gasteiger partial charge in [-0.05, 0) is 71.8 Å². The first-order chi connectivity index (χ1) is 22.6. The molecule has 0 radical (unpaired) electrons. The van der Waals surface area contributed by atoms with Crippen molar-refractivity contribution in [3.8, 4) is 56.0 Å². The highest BCUT2D eigenvalue weighted by atomic mass is 32.2. The van der Waals surface area contributed by atoms with Crippen molar-refractivity contribution in [2.75, 3.05) is 14.2 Å². The van der Waals surface area contributed by atoms with Crippen LogP contribution in [-0.2, 0) is 9.84 Å². The van der Waals surface area contributed by atoms with Crippen LogP contribution in [0, 0.1) is 23.3 Å². The summed E-state index contributed by atoms with van der Waals surface area (Å²) in [4.78, 5) is -0.186. The van der Waals surface area contributed by atoms with Gasteiger partial charge in [-0.2, -0.15) is 0 Å². The van der Waals surface area contributed by atoms with Crippen molar-refractivity contribution in [3.63, 3.8) is 0 Å². The maximum atomic E-state index is 15.6. The minimum atomic E-state index is -4.26. The van der Waals surface area contributed by atoms with E-state index in [4.69, 9.17) is 9.47 Å². The van der Waals surface area contributed by atoms with Crippen LogP contribution < -0.4 is 9.47 Å². The molecule has 47 heavy (non-hydrogen) atoms. The summed E-state index contributed by atoms with van der Waals surface area (Å²) >= 11 is 0. The third kappa shape index (κ3) is 5.97. The Kier molecular flexibility index (Phi) is 8.58. The molecule has 4 nitrogen and oxygen atoms in total. The van der Waals surface area contributed by atoms with Crippen LogP contribution in [0.15, 0.2) is 131 Å². The summed E-state index contributed by atoms with van der Waals surface area (Å²) < 4.78 is 98.4. The molecule has 0 unspecified atom stereocenters. The first-order valence-electron chi connectivity index (χ1n) is 14.3. The van der Waals surface area contributed by atoms with Gasteiger partial charge in [0.2, 0.25) is 9.84 Å². The molecule has 0 aliphatic heterocycles. The molecule has 0 saturated heterocycles. The molecule has 6 aromatic rings. The zero-order chi connectivity index (χ0) is 33.3. The van der Waals surface area contributed by atoms with Gasteiger partial charge < -0.3 is 9.47 Å². The Hall–Kier alpha value is -5.41. The molecular weight excluding hydrogens is 628 g/mol. The zero-order valence-corrected chi connectivity index (χ0v) is 25.9. The number of methoxy groups -OCH3 is 2. The third-order valence-electron chi connectivity index (χ3n) is 7.82. The standard InChI is InChI=1S/C38H26F4O4S/c1-45-35-17-13-25(39)21-31(35)29-15-11-23(19-33(29)41)27-7-3-5-9-37(27)47(43,44)38-10-6-4-8-28(38)24-12-16-30(34(42)20-24)32-22-26(40)14-18-36(32)46-2/h3-22H,1-2H3. The molecule has 0 N–H and O–H groups in total. The molecule has 0 spiro atoms. The highest BCUT2D eigenvalue weighted by Crippen LogP contribution is 2.40. The minimum Gasteiger partial charge on any atom is -0.496 e. The van der Waals surface area contributed by atoms with Crippen molar-refractivity contribution < 1.29 is 35.5 Å². The zero-order valence-electron chi connectivity index (χ0n) is 25.1. The lowest BCUT2D eigenvalue weighted by molar-refractivity contribution is 0.415. The summed E-state index contributed by atoms with van der Waals surface area (Å²) in [6.07, 6.45) is 0. The lowest BCUT2D eigenvalue weighted by atomic mass is 9.98. The van der Waals surface area contributed by atoms with Gasteiger partial charge in [0.25, 0.3) is 0 Å². The Balaban J connectivity index is 1.42. The normalized spacial score (nSPS) is 11.4. The van der Waals surface area contributed by atoms with Gasteiger partial charge in [-0.1, -0.05) is 60.7 Å². The third-order valence-corrected chi connectivity index (χ3v) is 9.69. The molecule has 0 fully saturated rings. The van der Waals surface area contributed by atoms with Gasteiger partial charge in [0.1, 0.15) is 34.8 Å². The molecule has 0 aliphatic carbocycles. The van der Waals surface area contributed by atoms with Crippen molar-refractivity contribution in [2.45, 2.75) is 9.79 Å². The smallest absolute Gasteiger partial charge is 0.207 e. The quantitative estimate of drug-likeness (QED) is 0.153. The maximum absolute atomic E-state index is 15.6. The minimum absolute atomic E-state index is 0.0807. The Morgan fingerprint density at radius 1 is 0.447 bits per heavy atom. The average molecular weight is 655 g/mol. The van der Waals surface area contributed by atoms with Crippen LogP contribution >= 0.6 is 0 Å². The topological polar surface area (TPSA) is 52.6 Å². The van der Waals surface area contributed by atoms with E-state index in [2.05, 4.69) is 0 Å². The van der Waals surface area contributed by atoms with Crippen LogP contribution in [0.1, 0.15) is 0 Å². The molecule has 9 heteroatoms. The van der Waals surface area contributed by atoms with E-state index in [1.54, 1.807) is 48.5 Å². The van der Waals surface area contributed by atoms with Gasteiger partial charge in [0, 0.05) is 33.4 Å². The van der Waals surface area contributed by atoms with Crippen molar-refractivity contribution in [1.29, 1.82) is 0 Å². The molecule has 0 bridgehead atoms. The summed E-state index contributed by atoms with van der Waals surface area (Å²) in [6, 6.07) is 28.3. The van der Waals surface area contributed by atoms with Gasteiger partial charge >= 0.3 is 0 Å². The second kappa shape index (κ2) is 12.8. The Morgan fingerprint density at radius 2 is 0.851 bits per heavy atom. The molecule has 0 aliphatic rings. The Morgan fingerprint density at radius 3 is 1.23 bits per heavy atom. The predicted octanol–water partition coefficient (Wildman–Crippen LogP) is 9.76. The number of sulfone groups is 1. The van der Waals surface area contributed by atoms with Crippen LogP contribution in [0.5, 0.6) is 11.5 Å². The number of hydrogen-bond acceptors (Lipinski definition) is 4. The largest absolute Gasteiger partial charge is 0.496 e. The maximum Gasteiger partial charge on any atom is 0.207 e. The van der Waals surface area contributed by atoms with Gasteiger partial charge in [0.15, 0.2) is 0 Å². The second-order valence-corrected chi connectivity index (χ2v) is 12.5. The lowest BCUT2D eigenvalue weighted by Gasteiger charge is -2.16. The first-order valence-corrected chi connectivity index (χ1v) is 15.8. The van der Waals surface area contributed by atoms with Crippen LogP contribution in [0.3, 0.4) is 0 Å². The lowest BCUT2D eigenvalue weighted by Crippen LogP contribution is -2.06. The fraction of sp³-hybridized carbons (Fsp3) is 0.0526. The number of rotatable bonds is 8. The van der Waals surface area contributed by atoms with Crippen molar-refractivity contribution in [1.82, 2.24) is 0 Å². The highest BCUT2D eigenvalue weighted by Gasteiger charge is 2.26. The van der Waals surface area contributed by atoms with Crippen molar-refractivity contribution in [2.24, 2.45) is 0 Å². The summed E-state index contributed by atoms with van der Waals surface area (Å²) in [5.41, 5.74) is 1.60. The number of halogens is 4. The fourth-order valence-corrected chi connectivity index (χ4v) is 7.28. The summed E-state index contributed by atoms with van der Waals surface area (Å²) in [5, 5.41) is 0. The van der Waals surface area contributed by atoms with Crippen LogP contribution in [0.2, 0.25) is 0 Å². The van der Waals surface area contributed by atoms with E-state index in [1.807, 2.05) is 0 Å². The molecular formula is C38H26F4O4S. The van der Waals surface area contributed by atoms with E-state index in [1.165, 1.54) is 74.9 Å². The van der Waals surface area contributed by atoms with Crippen LogP contribution in [0.25, 0.3) is 44.5 Å². The van der Waals surface area contributed by atoms with E-state index in [-0.39, 0.29) is 65.8 Å². The molecule has 0 amide bonds. The van der Waals surface area contributed by atoms with E-state index >= 15 is 8.78 Å². The molecule has 236 valence electrons. The monoisotopic (exact) mass is 654 g/mol. The number of benzene rings is 6. The first kappa shape index (κ1) is 31.6. The molecule has 0 atom stereocenters. The van der Waals surface area contributed by atoms with Crippen LogP contribution in [0.4, 0.5) is 17.6 Å². The van der Waals surface area contributed by atoms with Gasteiger partial charge in [0.05, 0.1) is 24.0 Å². The molecule has 0 saturated carbocycles. The summed E-state index contributed by atoms with van der Waals surface area (Å²) in [7, 11) is -1.47. The van der Waals surface area contributed by atoms with E-state index < -0.39 is 33.1 Å². The van der Waals surface area contributed by atoms with E-state index in [0.717, 1.165) is 12.1 Å². The highest BCUT2D eigenvalue weighted by molar-refractivity contribution is 7.91. The molecule has 6 rings (SSSR count). The van der Waals surface area contributed by atoms with Crippen molar-refractivity contribution >= 4 is 9.84 Å². The Labute approximate surface area is 269 Å². The van der Waals surface area contributed by atoms with E-state index in [9.17, 15) is 17.2 Å². The SMILES string of the molecule is COc1ccc(F)cc1-c1ccc(-c2ccccc2S(=O)(=O)c2ccccc2-c2ccc(-c3cc(F)ccc3OC)c(F)c2)cc1F. The number of hydrogen-bond donors (Lipinski definition) is 0. The Bertz CT molecular complexity index is 2100. The summed E-state index contributed by atoms with van der Waals surface area (Å²) in [6.45, 7) is 0. The van der Waals surface area contributed by atoms with E-state index in [0.29, 0.717) is 0 Å². The number of ether oxygens (including phenoxy) is 2. The second-order valence-electron chi connectivity index (χ2n) is 10.6. The molecule has 6 aromatic carbocycles. The predicted molar refractivity (Wildman–Crippen MR) is 173 cm³/mol. The van der Waals surface area contributed by atoms with Gasteiger partial charge in [-0.15, -0.1) is 0 Å². The molecule has 0 aromatic heterocycles. The van der Waals surface area contributed by atoms with Gasteiger partial charge in [-0.25, -0.2) is 26.0 Å². The molecule has 0 heterocycles. The fourth-order valence-electron chi connectivity index (χ4n) is 5.58. The van der Waals surface area contributed by atoms with Crippen LogP contribution in [-0.4, -0.2) is 22.6 Å². The average Bonchev–Trinajstić information content (AvgIpc) is 3.08. The van der Waals surface area contributed by atoms with Gasteiger partial charge in [-0.3, -0.25) is 0 Å². The van der Waals surface area contributed by atoms with Crippen molar-refractivity contribution in [3.05, 3.63) is 145 Å². The summed E-state index contributed by atoms with van der Waals surface area (Å²) in [5.74, 6) is -1.99.